The van der Waals surface area contributed by atoms with Crippen LogP contribution in [0.2, 0.25) is 0 Å². The molecular formula is C13H14O7S. The first kappa shape index (κ1) is 17.2. The molecular weight excluding hydrogens is 300 g/mol. The number of aromatic carboxylic acids is 2. The first-order chi connectivity index (χ1) is 9.73. The minimum atomic E-state index is -1.54. The maximum Gasteiger partial charge on any atom is 0.336 e. The van der Waals surface area contributed by atoms with Crippen LogP contribution >= 0.6 is 11.8 Å². The fraction of sp³-hybridized carbons (Fsp3) is 0.308. The van der Waals surface area contributed by atoms with Crippen molar-refractivity contribution in [1.29, 1.82) is 0 Å². The maximum atomic E-state index is 11.1. The van der Waals surface area contributed by atoms with Gasteiger partial charge in [-0.15, -0.1) is 0 Å². The van der Waals surface area contributed by atoms with Gasteiger partial charge < -0.3 is 20.4 Å². The molecule has 2 unspecified atom stereocenters. The average molecular weight is 314 g/mol. The molecule has 0 aliphatic carbocycles. The number of rotatable bonds is 6. The van der Waals surface area contributed by atoms with Crippen LogP contribution in [0.25, 0.3) is 0 Å². The van der Waals surface area contributed by atoms with Crippen LogP contribution in [0.15, 0.2) is 18.2 Å². The molecule has 1 rings (SSSR count). The molecule has 0 saturated carbocycles. The number of carboxylic acid groups (broad SMARTS) is 2. The second kappa shape index (κ2) is 7.21. The first-order valence-corrected chi connectivity index (χ1v) is 6.82. The Bertz CT molecular complexity index is 570. The molecule has 7 nitrogen and oxygen atoms in total. The predicted molar refractivity (Wildman–Crippen MR) is 74.5 cm³/mol. The molecule has 21 heavy (non-hydrogen) atoms. The Morgan fingerprint density at radius 2 is 1.76 bits per heavy atom. The minimum absolute atomic E-state index is 0.101. The Morgan fingerprint density at radius 3 is 2.24 bits per heavy atom. The zero-order valence-electron chi connectivity index (χ0n) is 11.0. The van der Waals surface area contributed by atoms with Gasteiger partial charge in [0, 0.05) is 12.7 Å². The summed E-state index contributed by atoms with van der Waals surface area (Å²) in [5, 5.41) is 37.4. The van der Waals surface area contributed by atoms with Crippen LogP contribution < -0.4 is 0 Å². The van der Waals surface area contributed by atoms with Crippen LogP contribution in [0.5, 0.6) is 0 Å². The van der Waals surface area contributed by atoms with Crippen LogP contribution in [-0.2, 0) is 4.79 Å². The summed E-state index contributed by atoms with van der Waals surface area (Å²) in [5.41, 5.74) is -0.755. The first-order valence-electron chi connectivity index (χ1n) is 5.84. The summed E-state index contributed by atoms with van der Waals surface area (Å²) in [6.07, 6.45) is -2.89. The number of hydrogen-bond acceptors (Lipinski definition) is 6. The van der Waals surface area contributed by atoms with E-state index in [1.165, 1.54) is 6.92 Å². The van der Waals surface area contributed by atoms with Crippen LogP contribution in [0.3, 0.4) is 0 Å². The molecule has 0 spiro atoms. The van der Waals surface area contributed by atoms with Gasteiger partial charge in [0.2, 0.25) is 0 Å². The molecule has 0 aliphatic rings. The van der Waals surface area contributed by atoms with E-state index in [2.05, 4.69) is 0 Å². The summed E-state index contributed by atoms with van der Waals surface area (Å²) in [6.45, 7) is 1.30. The molecule has 0 amide bonds. The average Bonchev–Trinajstić information content (AvgIpc) is 2.42. The summed E-state index contributed by atoms with van der Waals surface area (Å²) in [5.74, 6) is -2.82. The summed E-state index contributed by atoms with van der Waals surface area (Å²) in [6, 6.07) is 3.19. The molecule has 0 aromatic heterocycles. The van der Waals surface area contributed by atoms with Crippen LogP contribution in [0, 0.1) is 0 Å². The highest BCUT2D eigenvalue weighted by Crippen LogP contribution is 2.24. The number of carboxylic acids is 2. The standard InChI is InChI=1S/C13H14O7S/c1-6(14)21-5-10(15)11(16)8-3-2-7(12(17)18)4-9(8)13(19)20/h2-4,10-11,15-16H,5H2,1H3,(H,17,18)(H,19,20). The van der Waals surface area contributed by atoms with Crippen molar-refractivity contribution in [2.24, 2.45) is 0 Å². The van der Waals surface area contributed by atoms with Gasteiger partial charge in [-0.3, -0.25) is 4.79 Å². The number of aliphatic hydroxyl groups excluding tert-OH is 2. The normalized spacial score (nSPS) is 13.5. The molecule has 0 heterocycles. The largest absolute Gasteiger partial charge is 0.478 e. The third kappa shape index (κ3) is 4.55. The van der Waals surface area contributed by atoms with E-state index >= 15 is 0 Å². The smallest absolute Gasteiger partial charge is 0.336 e. The number of benzene rings is 1. The van der Waals surface area contributed by atoms with Gasteiger partial charge in [-0.1, -0.05) is 17.8 Å². The molecule has 8 heteroatoms. The fourth-order valence-corrected chi connectivity index (χ4v) is 2.22. The van der Waals surface area contributed by atoms with Gasteiger partial charge in [-0.2, -0.15) is 0 Å². The van der Waals surface area contributed by atoms with Crippen LogP contribution in [0.1, 0.15) is 39.3 Å². The second-order valence-corrected chi connectivity index (χ2v) is 5.42. The summed E-state index contributed by atoms with van der Waals surface area (Å²) < 4.78 is 0. The van der Waals surface area contributed by atoms with E-state index in [0.29, 0.717) is 0 Å². The van der Waals surface area contributed by atoms with E-state index in [1.807, 2.05) is 0 Å². The van der Waals surface area contributed by atoms with Crippen molar-refractivity contribution in [2.45, 2.75) is 19.1 Å². The van der Waals surface area contributed by atoms with Gasteiger partial charge in [0.1, 0.15) is 6.10 Å². The monoisotopic (exact) mass is 314 g/mol. The van der Waals surface area contributed by atoms with Crippen molar-refractivity contribution in [3.8, 4) is 0 Å². The molecule has 4 N–H and O–H groups in total. The lowest BCUT2D eigenvalue weighted by Gasteiger charge is -2.19. The highest BCUT2D eigenvalue weighted by molar-refractivity contribution is 8.13. The molecule has 0 radical (unpaired) electrons. The zero-order chi connectivity index (χ0) is 16.2. The van der Waals surface area contributed by atoms with Gasteiger partial charge in [0.15, 0.2) is 5.12 Å². The lowest BCUT2D eigenvalue weighted by molar-refractivity contribution is -0.109. The van der Waals surface area contributed by atoms with Crippen molar-refractivity contribution < 1.29 is 34.8 Å². The summed E-state index contributed by atoms with van der Waals surface area (Å²) in [4.78, 5) is 32.8. The zero-order valence-corrected chi connectivity index (χ0v) is 11.8. The van der Waals surface area contributed by atoms with Crippen molar-refractivity contribution in [3.05, 3.63) is 34.9 Å². The Hall–Kier alpha value is -1.90. The van der Waals surface area contributed by atoms with Crippen molar-refractivity contribution in [2.75, 3.05) is 5.75 Å². The second-order valence-electron chi connectivity index (χ2n) is 4.23. The topological polar surface area (TPSA) is 132 Å². The molecule has 0 aliphatic heterocycles. The van der Waals surface area contributed by atoms with Gasteiger partial charge in [-0.25, -0.2) is 9.59 Å². The fourth-order valence-electron chi connectivity index (χ4n) is 1.63. The van der Waals surface area contributed by atoms with Crippen molar-refractivity contribution in [3.63, 3.8) is 0 Å². The Morgan fingerprint density at radius 1 is 1.14 bits per heavy atom. The molecule has 114 valence electrons. The summed E-state index contributed by atoms with van der Waals surface area (Å²) >= 11 is 0.794. The number of carbonyl (C=O) groups is 3. The highest BCUT2D eigenvalue weighted by Gasteiger charge is 2.25. The van der Waals surface area contributed by atoms with E-state index < -0.39 is 29.7 Å². The molecule has 1 aromatic rings. The number of hydrogen-bond donors (Lipinski definition) is 4. The van der Waals surface area contributed by atoms with Crippen molar-refractivity contribution >= 4 is 28.8 Å². The van der Waals surface area contributed by atoms with E-state index in [4.69, 9.17) is 10.2 Å². The quantitative estimate of drug-likeness (QED) is 0.605. The van der Waals surface area contributed by atoms with Gasteiger partial charge in [0.25, 0.3) is 0 Å². The lowest BCUT2D eigenvalue weighted by atomic mass is 9.97. The summed E-state index contributed by atoms with van der Waals surface area (Å²) in [7, 11) is 0. The predicted octanol–water partition coefficient (Wildman–Crippen LogP) is 0.757. The molecule has 0 fully saturated rings. The van der Waals surface area contributed by atoms with E-state index in [0.717, 1.165) is 30.0 Å². The Balaban J connectivity index is 3.08. The highest BCUT2D eigenvalue weighted by atomic mass is 32.2. The maximum absolute atomic E-state index is 11.1. The van der Waals surface area contributed by atoms with Gasteiger partial charge >= 0.3 is 11.9 Å². The third-order valence-corrected chi connectivity index (χ3v) is 3.59. The molecule has 1 aromatic carbocycles. The minimum Gasteiger partial charge on any atom is -0.478 e. The van der Waals surface area contributed by atoms with Crippen LogP contribution in [0.4, 0.5) is 0 Å². The SMILES string of the molecule is CC(=O)SCC(O)C(O)c1ccc(C(=O)O)cc1C(=O)O. The number of carbonyl (C=O) groups excluding carboxylic acids is 1. The molecule has 2 atom stereocenters. The van der Waals surface area contributed by atoms with Gasteiger partial charge in [0.05, 0.1) is 17.2 Å². The lowest BCUT2D eigenvalue weighted by Crippen LogP contribution is -2.23. The number of aliphatic hydroxyl groups is 2. The van der Waals surface area contributed by atoms with E-state index in [1.54, 1.807) is 0 Å². The Kier molecular flexibility index (Phi) is 5.89. The van der Waals surface area contributed by atoms with Crippen molar-refractivity contribution in [1.82, 2.24) is 0 Å². The van der Waals surface area contributed by atoms with E-state index in [-0.39, 0.29) is 22.0 Å². The van der Waals surface area contributed by atoms with Gasteiger partial charge in [-0.05, 0) is 17.7 Å². The molecule has 0 bridgehead atoms. The molecule has 0 saturated heterocycles. The van der Waals surface area contributed by atoms with Crippen LogP contribution in [-0.4, -0.2) is 49.3 Å². The Labute approximate surface area is 124 Å². The van der Waals surface area contributed by atoms with E-state index in [9.17, 15) is 24.6 Å². The number of thioether (sulfide) groups is 1. The third-order valence-electron chi connectivity index (χ3n) is 2.67.